The van der Waals surface area contributed by atoms with Crippen molar-refractivity contribution in [3.63, 3.8) is 0 Å². The molecule has 0 aliphatic rings. The number of amides is 1. The molecule has 1 heterocycles. The van der Waals surface area contributed by atoms with Gasteiger partial charge in [-0.3, -0.25) is 14.9 Å². The van der Waals surface area contributed by atoms with E-state index in [0.29, 0.717) is 16.7 Å². The average molecular weight is 416 g/mol. The Morgan fingerprint density at radius 2 is 1.92 bits per heavy atom. The lowest BCUT2D eigenvalue weighted by molar-refractivity contribution is -0.384. The molecule has 3 aromatic rings. The fourth-order valence-corrected chi connectivity index (χ4v) is 2.77. The fraction of sp³-hybridized carbons (Fsp3) is 0.0556. The van der Waals surface area contributed by atoms with Crippen LogP contribution in [0.4, 0.5) is 17.1 Å². The van der Waals surface area contributed by atoms with Gasteiger partial charge in [-0.05, 0) is 51.8 Å². The highest BCUT2D eigenvalue weighted by Crippen LogP contribution is 2.27. The van der Waals surface area contributed by atoms with Crippen LogP contribution in [0.3, 0.4) is 0 Å². The standard InChI is InChI=1S/C18H14BrN3O4/c19-15-10-14(22(24)25)7-8-16(15)20-11-12-3-5-13(6-4-12)21-18(23)17-2-1-9-26-17/h1-10,20H,11H2,(H,21,23). The Hall–Kier alpha value is -3.13. The van der Waals surface area contributed by atoms with E-state index in [1.54, 1.807) is 30.3 Å². The minimum Gasteiger partial charge on any atom is -0.459 e. The predicted octanol–water partition coefficient (Wildman–Crippen LogP) is 4.81. The molecule has 0 aliphatic carbocycles. The minimum atomic E-state index is -0.440. The zero-order valence-corrected chi connectivity index (χ0v) is 15.0. The molecule has 2 N–H and O–H groups in total. The highest BCUT2D eigenvalue weighted by atomic mass is 79.9. The number of furan rings is 1. The Labute approximate surface area is 157 Å². The number of hydrogen-bond acceptors (Lipinski definition) is 5. The number of hydrogen-bond donors (Lipinski definition) is 2. The molecule has 3 rings (SSSR count). The number of non-ortho nitro benzene ring substituents is 1. The Morgan fingerprint density at radius 3 is 2.54 bits per heavy atom. The first-order valence-electron chi connectivity index (χ1n) is 7.64. The van der Waals surface area contributed by atoms with Crippen LogP contribution in [-0.4, -0.2) is 10.8 Å². The van der Waals surface area contributed by atoms with Crippen molar-refractivity contribution >= 4 is 38.9 Å². The Morgan fingerprint density at radius 1 is 1.15 bits per heavy atom. The highest BCUT2D eigenvalue weighted by molar-refractivity contribution is 9.10. The molecule has 2 aromatic carbocycles. The van der Waals surface area contributed by atoms with Crippen molar-refractivity contribution in [3.8, 4) is 0 Å². The molecule has 0 radical (unpaired) electrons. The molecule has 132 valence electrons. The third-order valence-electron chi connectivity index (χ3n) is 3.60. The number of rotatable bonds is 6. The lowest BCUT2D eigenvalue weighted by atomic mass is 10.2. The number of nitro benzene ring substituents is 1. The van der Waals surface area contributed by atoms with E-state index in [4.69, 9.17) is 4.42 Å². The molecule has 26 heavy (non-hydrogen) atoms. The monoisotopic (exact) mass is 415 g/mol. The van der Waals surface area contributed by atoms with Gasteiger partial charge in [-0.1, -0.05) is 12.1 Å². The lowest BCUT2D eigenvalue weighted by Gasteiger charge is -2.09. The maximum Gasteiger partial charge on any atom is 0.291 e. The SMILES string of the molecule is O=C(Nc1ccc(CNc2ccc([N+](=O)[O-])cc2Br)cc1)c1ccco1. The van der Waals surface area contributed by atoms with E-state index in [1.165, 1.54) is 18.4 Å². The number of nitrogens with one attached hydrogen (secondary N) is 2. The lowest BCUT2D eigenvalue weighted by Crippen LogP contribution is -2.10. The van der Waals surface area contributed by atoms with E-state index in [9.17, 15) is 14.9 Å². The minimum absolute atomic E-state index is 0.0269. The van der Waals surface area contributed by atoms with Crippen LogP contribution >= 0.6 is 15.9 Å². The van der Waals surface area contributed by atoms with E-state index in [1.807, 2.05) is 12.1 Å². The largest absolute Gasteiger partial charge is 0.459 e. The van der Waals surface area contributed by atoms with Crippen molar-refractivity contribution in [2.24, 2.45) is 0 Å². The Balaban J connectivity index is 1.59. The number of carbonyl (C=O) groups is 1. The van der Waals surface area contributed by atoms with E-state index < -0.39 is 4.92 Å². The van der Waals surface area contributed by atoms with Crippen molar-refractivity contribution in [1.82, 2.24) is 0 Å². The van der Waals surface area contributed by atoms with Gasteiger partial charge in [-0.25, -0.2) is 0 Å². The first-order valence-corrected chi connectivity index (χ1v) is 8.44. The third-order valence-corrected chi connectivity index (χ3v) is 4.26. The van der Waals surface area contributed by atoms with E-state index in [2.05, 4.69) is 26.6 Å². The van der Waals surface area contributed by atoms with Gasteiger partial charge in [0.1, 0.15) is 0 Å². The van der Waals surface area contributed by atoms with Crippen LogP contribution in [0.25, 0.3) is 0 Å². The summed E-state index contributed by atoms with van der Waals surface area (Å²) in [6.45, 7) is 0.531. The zero-order valence-electron chi connectivity index (χ0n) is 13.4. The maximum atomic E-state index is 11.9. The van der Waals surface area contributed by atoms with Gasteiger partial charge in [0.15, 0.2) is 5.76 Å². The summed E-state index contributed by atoms with van der Waals surface area (Å²) in [5.74, 6) is -0.0607. The first-order chi connectivity index (χ1) is 12.5. The van der Waals surface area contributed by atoms with Crippen LogP contribution in [0, 0.1) is 10.1 Å². The van der Waals surface area contributed by atoms with E-state index in [0.717, 1.165) is 11.3 Å². The number of anilines is 2. The summed E-state index contributed by atoms with van der Waals surface area (Å²) in [6.07, 6.45) is 1.44. The number of nitro groups is 1. The van der Waals surface area contributed by atoms with Crippen molar-refractivity contribution < 1.29 is 14.1 Å². The van der Waals surface area contributed by atoms with Gasteiger partial charge in [0.2, 0.25) is 0 Å². The van der Waals surface area contributed by atoms with Crippen LogP contribution in [0.1, 0.15) is 16.1 Å². The molecular formula is C18H14BrN3O4. The number of benzene rings is 2. The zero-order chi connectivity index (χ0) is 18.5. The molecule has 0 saturated heterocycles. The van der Waals surface area contributed by atoms with Gasteiger partial charge < -0.3 is 15.1 Å². The third kappa shape index (κ3) is 4.28. The average Bonchev–Trinajstić information content (AvgIpc) is 3.16. The first kappa shape index (κ1) is 17.7. The van der Waals surface area contributed by atoms with Gasteiger partial charge in [0.25, 0.3) is 11.6 Å². The van der Waals surface area contributed by atoms with Gasteiger partial charge in [-0.15, -0.1) is 0 Å². The second kappa shape index (κ2) is 7.83. The summed E-state index contributed by atoms with van der Waals surface area (Å²) >= 11 is 3.32. The molecule has 1 amide bonds. The van der Waals surface area contributed by atoms with Gasteiger partial charge >= 0.3 is 0 Å². The Kier molecular flexibility index (Phi) is 5.33. The molecule has 8 heteroatoms. The fourth-order valence-electron chi connectivity index (χ4n) is 2.26. The summed E-state index contributed by atoms with van der Waals surface area (Å²) in [7, 11) is 0. The van der Waals surface area contributed by atoms with Gasteiger partial charge in [0.05, 0.1) is 11.2 Å². The summed E-state index contributed by atoms with van der Waals surface area (Å²) < 4.78 is 5.66. The second-order valence-corrected chi connectivity index (χ2v) is 6.26. The molecule has 0 atom stereocenters. The summed E-state index contributed by atoms with van der Waals surface area (Å²) in [4.78, 5) is 22.2. The number of halogens is 1. The van der Waals surface area contributed by atoms with Crippen LogP contribution in [-0.2, 0) is 6.54 Å². The molecule has 0 bridgehead atoms. The number of nitrogens with zero attached hydrogens (tertiary/aromatic N) is 1. The molecular weight excluding hydrogens is 402 g/mol. The second-order valence-electron chi connectivity index (χ2n) is 5.40. The molecule has 0 saturated carbocycles. The molecule has 1 aromatic heterocycles. The van der Waals surface area contributed by atoms with Crippen molar-refractivity contribution in [2.45, 2.75) is 6.54 Å². The van der Waals surface area contributed by atoms with Crippen LogP contribution < -0.4 is 10.6 Å². The van der Waals surface area contributed by atoms with Crippen LogP contribution in [0.2, 0.25) is 0 Å². The van der Waals surface area contributed by atoms with Gasteiger partial charge in [-0.2, -0.15) is 0 Å². The molecule has 0 unspecified atom stereocenters. The van der Waals surface area contributed by atoms with Crippen LogP contribution in [0.15, 0.2) is 69.8 Å². The van der Waals surface area contributed by atoms with Crippen molar-refractivity contribution in [1.29, 1.82) is 0 Å². The molecule has 0 aliphatic heterocycles. The summed E-state index contributed by atoms with van der Waals surface area (Å²) in [6, 6.07) is 15.1. The topological polar surface area (TPSA) is 97.4 Å². The summed E-state index contributed by atoms with van der Waals surface area (Å²) in [5, 5.41) is 16.7. The van der Waals surface area contributed by atoms with Gasteiger partial charge in [0, 0.05) is 34.5 Å². The molecule has 0 spiro atoms. The maximum absolute atomic E-state index is 11.9. The van der Waals surface area contributed by atoms with Crippen molar-refractivity contribution in [2.75, 3.05) is 10.6 Å². The van der Waals surface area contributed by atoms with E-state index >= 15 is 0 Å². The Bertz CT molecular complexity index is 924. The quantitative estimate of drug-likeness (QED) is 0.444. The summed E-state index contributed by atoms with van der Waals surface area (Å²) in [5.41, 5.74) is 2.43. The predicted molar refractivity (Wildman–Crippen MR) is 101 cm³/mol. The van der Waals surface area contributed by atoms with E-state index in [-0.39, 0.29) is 17.4 Å². The molecule has 0 fully saturated rings. The number of carbonyl (C=O) groups excluding carboxylic acids is 1. The van der Waals surface area contributed by atoms with Crippen molar-refractivity contribution in [3.05, 3.63) is 86.8 Å². The van der Waals surface area contributed by atoms with Crippen LogP contribution in [0.5, 0.6) is 0 Å². The molecule has 7 nitrogen and oxygen atoms in total. The highest BCUT2D eigenvalue weighted by Gasteiger charge is 2.10. The smallest absolute Gasteiger partial charge is 0.291 e. The normalized spacial score (nSPS) is 10.3.